The Balaban J connectivity index is 1.62. The summed E-state index contributed by atoms with van der Waals surface area (Å²) in [6.07, 6.45) is 7.85. The van der Waals surface area contributed by atoms with Crippen molar-refractivity contribution in [3.8, 4) is 0 Å². The van der Waals surface area contributed by atoms with Gasteiger partial charge in [-0.1, -0.05) is 18.6 Å². The molecule has 1 aromatic carbocycles. The second-order valence-corrected chi connectivity index (χ2v) is 9.64. The zero-order valence-electron chi connectivity index (χ0n) is 16.2. The zero-order chi connectivity index (χ0) is 19.3. The number of nitrogens with one attached hydrogen (secondary N) is 1. The van der Waals surface area contributed by atoms with Crippen LogP contribution in [0.2, 0.25) is 0 Å². The number of piperidine rings is 2. The highest BCUT2D eigenvalue weighted by molar-refractivity contribution is 7.88. The molecule has 6 nitrogen and oxygen atoms in total. The molecule has 0 aromatic heterocycles. The summed E-state index contributed by atoms with van der Waals surface area (Å²) >= 11 is 0. The van der Waals surface area contributed by atoms with Crippen molar-refractivity contribution in [3.63, 3.8) is 0 Å². The number of likely N-dealkylation sites (tertiary alicyclic amines) is 2. The van der Waals surface area contributed by atoms with Crippen LogP contribution < -0.4 is 4.72 Å². The maximum Gasteiger partial charge on any atom is 0.254 e. The summed E-state index contributed by atoms with van der Waals surface area (Å²) < 4.78 is 25.4. The van der Waals surface area contributed by atoms with E-state index in [0.717, 1.165) is 45.2 Å². The first kappa shape index (κ1) is 20.3. The van der Waals surface area contributed by atoms with Crippen molar-refractivity contribution in [2.45, 2.75) is 51.1 Å². The smallest absolute Gasteiger partial charge is 0.254 e. The lowest BCUT2D eigenvalue weighted by Gasteiger charge is -2.36. The van der Waals surface area contributed by atoms with E-state index in [1.54, 1.807) is 0 Å². The lowest BCUT2D eigenvalue weighted by atomic mass is 10.0. The van der Waals surface area contributed by atoms with E-state index >= 15 is 0 Å². The van der Waals surface area contributed by atoms with Gasteiger partial charge in [0.25, 0.3) is 5.91 Å². The van der Waals surface area contributed by atoms with Gasteiger partial charge < -0.3 is 4.90 Å². The Labute approximate surface area is 163 Å². The van der Waals surface area contributed by atoms with Gasteiger partial charge in [-0.05, 0) is 62.9 Å². The fourth-order valence-electron chi connectivity index (χ4n) is 4.02. The van der Waals surface area contributed by atoms with Crippen LogP contribution in [0.15, 0.2) is 24.3 Å². The van der Waals surface area contributed by atoms with Crippen LogP contribution in [-0.2, 0) is 16.6 Å². The Morgan fingerprint density at radius 2 is 1.70 bits per heavy atom. The molecule has 1 N–H and O–H groups in total. The van der Waals surface area contributed by atoms with Crippen molar-refractivity contribution in [2.75, 3.05) is 32.4 Å². The number of benzene rings is 1. The normalized spacial score (nSPS) is 22.0. The Morgan fingerprint density at radius 1 is 1.04 bits per heavy atom. The number of sulfonamides is 1. The second kappa shape index (κ2) is 9.17. The first-order valence-corrected chi connectivity index (χ1v) is 11.9. The molecule has 0 spiro atoms. The first-order valence-electron chi connectivity index (χ1n) is 9.99. The molecule has 2 fully saturated rings. The summed E-state index contributed by atoms with van der Waals surface area (Å²) in [5.74, 6) is -0.000441. The van der Waals surface area contributed by atoms with Gasteiger partial charge in [0.2, 0.25) is 10.0 Å². The summed E-state index contributed by atoms with van der Waals surface area (Å²) in [5.41, 5.74) is 1.92. The fraction of sp³-hybridized carbons (Fsp3) is 0.650. The third-order valence-corrected chi connectivity index (χ3v) is 6.22. The number of hydrogen-bond acceptors (Lipinski definition) is 4. The van der Waals surface area contributed by atoms with Crippen LogP contribution >= 0.6 is 0 Å². The molecule has 2 aliphatic heterocycles. The fourth-order valence-corrected chi connectivity index (χ4v) is 4.52. The van der Waals surface area contributed by atoms with E-state index in [1.807, 2.05) is 17.0 Å². The average molecular weight is 394 g/mol. The van der Waals surface area contributed by atoms with E-state index in [1.165, 1.54) is 24.8 Å². The number of rotatable bonds is 6. The monoisotopic (exact) mass is 393 g/mol. The van der Waals surface area contributed by atoms with Gasteiger partial charge in [-0.2, -0.15) is 0 Å². The van der Waals surface area contributed by atoms with Crippen molar-refractivity contribution in [3.05, 3.63) is 35.4 Å². The van der Waals surface area contributed by atoms with Gasteiger partial charge in [-0.15, -0.1) is 0 Å². The maximum absolute atomic E-state index is 13.0. The highest BCUT2D eigenvalue weighted by Gasteiger charge is 2.28. The van der Waals surface area contributed by atoms with Gasteiger partial charge in [0.15, 0.2) is 0 Å². The van der Waals surface area contributed by atoms with Gasteiger partial charge in [0, 0.05) is 31.2 Å². The SMILES string of the molecule is CS(=O)(=O)NCC1CCCCN1C(=O)c1ccc(CN2CCCCC2)cc1. The molecule has 0 bridgehead atoms. The van der Waals surface area contributed by atoms with E-state index in [9.17, 15) is 13.2 Å². The van der Waals surface area contributed by atoms with E-state index < -0.39 is 10.0 Å². The van der Waals surface area contributed by atoms with Crippen LogP contribution in [0.1, 0.15) is 54.4 Å². The molecule has 27 heavy (non-hydrogen) atoms. The lowest BCUT2D eigenvalue weighted by Crippen LogP contribution is -2.49. The minimum Gasteiger partial charge on any atom is -0.334 e. The van der Waals surface area contributed by atoms with Gasteiger partial charge in [-0.25, -0.2) is 13.1 Å². The standard InChI is InChI=1S/C20H31N3O3S/c1-27(25,26)21-15-19-7-3-6-14-23(19)20(24)18-10-8-17(9-11-18)16-22-12-4-2-5-13-22/h8-11,19,21H,2-7,12-16H2,1H3. The minimum absolute atomic E-state index is 0.000441. The molecule has 2 heterocycles. The Kier molecular flexibility index (Phi) is 6.89. The Morgan fingerprint density at radius 3 is 2.37 bits per heavy atom. The van der Waals surface area contributed by atoms with Crippen LogP contribution in [0.5, 0.6) is 0 Å². The maximum atomic E-state index is 13.0. The molecular weight excluding hydrogens is 362 g/mol. The predicted molar refractivity (Wildman–Crippen MR) is 107 cm³/mol. The summed E-state index contributed by atoms with van der Waals surface area (Å²) in [4.78, 5) is 17.3. The molecule has 2 saturated heterocycles. The molecule has 150 valence electrons. The van der Waals surface area contributed by atoms with E-state index in [0.29, 0.717) is 12.1 Å². The summed E-state index contributed by atoms with van der Waals surface area (Å²) in [7, 11) is -3.25. The molecule has 2 aliphatic rings. The minimum atomic E-state index is -3.25. The Bertz CT molecular complexity index is 727. The zero-order valence-corrected chi connectivity index (χ0v) is 17.0. The van der Waals surface area contributed by atoms with E-state index in [2.05, 4.69) is 21.8 Å². The molecule has 1 unspecified atom stereocenters. The molecule has 1 atom stereocenters. The molecule has 1 aromatic rings. The highest BCUT2D eigenvalue weighted by Crippen LogP contribution is 2.20. The molecule has 0 saturated carbocycles. The van der Waals surface area contributed by atoms with Gasteiger partial charge in [0.1, 0.15) is 0 Å². The lowest BCUT2D eigenvalue weighted by molar-refractivity contribution is 0.0619. The van der Waals surface area contributed by atoms with Crippen LogP contribution in [0.25, 0.3) is 0 Å². The van der Waals surface area contributed by atoms with E-state index in [4.69, 9.17) is 0 Å². The van der Waals surface area contributed by atoms with Gasteiger partial charge in [-0.3, -0.25) is 9.69 Å². The van der Waals surface area contributed by atoms with Crippen LogP contribution in [0.4, 0.5) is 0 Å². The number of nitrogens with zero attached hydrogens (tertiary/aromatic N) is 2. The number of amides is 1. The van der Waals surface area contributed by atoms with Crippen molar-refractivity contribution in [2.24, 2.45) is 0 Å². The molecule has 0 aliphatic carbocycles. The van der Waals surface area contributed by atoms with Crippen molar-refractivity contribution >= 4 is 15.9 Å². The van der Waals surface area contributed by atoms with Crippen molar-refractivity contribution in [1.29, 1.82) is 0 Å². The second-order valence-electron chi connectivity index (χ2n) is 7.80. The summed E-state index contributed by atoms with van der Waals surface area (Å²) in [6.45, 7) is 4.23. The number of carbonyl (C=O) groups excluding carboxylic acids is 1. The molecule has 7 heteroatoms. The van der Waals surface area contributed by atoms with Crippen molar-refractivity contribution < 1.29 is 13.2 Å². The predicted octanol–water partition coefficient (Wildman–Crippen LogP) is 2.22. The molecule has 1 amide bonds. The molecule has 3 rings (SSSR count). The largest absolute Gasteiger partial charge is 0.334 e. The third-order valence-electron chi connectivity index (χ3n) is 5.52. The number of carbonyl (C=O) groups is 1. The quantitative estimate of drug-likeness (QED) is 0.805. The van der Waals surface area contributed by atoms with Crippen LogP contribution in [0, 0.1) is 0 Å². The Hall–Kier alpha value is -1.44. The van der Waals surface area contributed by atoms with Gasteiger partial charge in [0.05, 0.1) is 6.26 Å². The highest BCUT2D eigenvalue weighted by atomic mass is 32.2. The van der Waals surface area contributed by atoms with Crippen LogP contribution in [0.3, 0.4) is 0 Å². The number of hydrogen-bond donors (Lipinski definition) is 1. The summed E-state index contributed by atoms with van der Waals surface area (Å²) in [6, 6.07) is 7.86. The molecule has 0 radical (unpaired) electrons. The van der Waals surface area contributed by atoms with E-state index in [-0.39, 0.29) is 18.5 Å². The van der Waals surface area contributed by atoms with Gasteiger partial charge >= 0.3 is 0 Å². The molecular formula is C20H31N3O3S. The van der Waals surface area contributed by atoms with Crippen molar-refractivity contribution in [1.82, 2.24) is 14.5 Å². The van der Waals surface area contributed by atoms with Crippen LogP contribution in [-0.4, -0.2) is 62.6 Å². The first-order chi connectivity index (χ1) is 12.9. The average Bonchev–Trinajstić information content (AvgIpc) is 2.67. The topological polar surface area (TPSA) is 69.7 Å². The summed E-state index contributed by atoms with van der Waals surface area (Å²) in [5, 5.41) is 0. The third kappa shape index (κ3) is 6.02.